The lowest BCUT2D eigenvalue weighted by Gasteiger charge is -2.33. The van der Waals surface area contributed by atoms with Gasteiger partial charge in [0.1, 0.15) is 11.3 Å². The van der Waals surface area contributed by atoms with Gasteiger partial charge in [-0.2, -0.15) is 13.2 Å². The van der Waals surface area contributed by atoms with Crippen LogP contribution in [0.4, 0.5) is 13.2 Å². The average molecular weight is 430 g/mol. The first kappa shape index (κ1) is 23.8. The van der Waals surface area contributed by atoms with Crippen LogP contribution < -0.4 is 5.73 Å². The summed E-state index contributed by atoms with van der Waals surface area (Å²) in [5.74, 6) is -2.76. The molecule has 1 heterocycles. The van der Waals surface area contributed by atoms with Gasteiger partial charge in [-0.15, -0.1) is 5.10 Å². The lowest BCUT2D eigenvalue weighted by molar-refractivity contribution is -0.192. The number of nitrogens with zero attached hydrogens (tertiary/aromatic N) is 3. The molecule has 0 bridgehead atoms. The summed E-state index contributed by atoms with van der Waals surface area (Å²) in [5, 5.41) is 36.4. The van der Waals surface area contributed by atoms with Crippen LogP contribution in [-0.4, -0.2) is 48.5 Å². The molecule has 1 fully saturated rings. The second-order valence-corrected chi connectivity index (χ2v) is 7.45. The highest BCUT2D eigenvalue weighted by molar-refractivity contribution is 5.73. The number of aliphatic hydroxyl groups excluding tert-OH is 1. The van der Waals surface area contributed by atoms with Crippen LogP contribution in [0.25, 0.3) is 0 Å². The van der Waals surface area contributed by atoms with Crippen LogP contribution in [0.15, 0.2) is 30.5 Å². The smallest absolute Gasteiger partial charge is 0.475 e. The Morgan fingerprint density at radius 2 is 2.10 bits per heavy atom. The molecule has 5 N–H and O–H groups in total. The lowest BCUT2D eigenvalue weighted by Crippen LogP contribution is -2.39. The van der Waals surface area contributed by atoms with Crippen LogP contribution in [0.2, 0.25) is 0 Å². The van der Waals surface area contributed by atoms with E-state index in [-0.39, 0.29) is 6.04 Å². The molecule has 1 aromatic carbocycles. The number of aromatic nitrogens is 3. The summed E-state index contributed by atoms with van der Waals surface area (Å²) in [6.45, 7) is 2.30. The van der Waals surface area contributed by atoms with Crippen molar-refractivity contribution >= 4 is 5.97 Å². The standard InChI is InChI=1S/C17H24N4O2.C2HF3O2/c1-12-4-2-5-13(8-12)15(22)10-21-11-16(19-20-21)17(23)7-3-6-14(18)9-17;3-2(4,5)1(6)7/h2,4-5,8,11,14-15,22-23H,3,6-7,9-10,18H2,1H3;(H,6,7). The molecule has 1 aliphatic carbocycles. The fraction of sp³-hybridized carbons (Fsp3) is 0.526. The maximum absolute atomic E-state index is 10.8. The van der Waals surface area contributed by atoms with Gasteiger partial charge in [-0.1, -0.05) is 35.0 Å². The molecule has 3 atom stereocenters. The van der Waals surface area contributed by atoms with E-state index in [1.165, 1.54) is 0 Å². The number of rotatable bonds is 4. The zero-order valence-corrected chi connectivity index (χ0v) is 16.4. The molecule has 3 rings (SSSR count). The van der Waals surface area contributed by atoms with E-state index in [0.29, 0.717) is 25.1 Å². The van der Waals surface area contributed by atoms with Crippen molar-refractivity contribution in [1.82, 2.24) is 15.0 Å². The first-order valence-electron chi connectivity index (χ1n) is 9.34. The zero-order chi connectivity index (χ0) is 22.5. The molecular formula is C19H25F3N4O4. The summed E-state index contributed by atoms with van der Waals surface area (Å²) in [6, 6.07) is 7.76. The van der Waals surface area contributed by atoms with E-state index in [1.807, 2.05) is 31.2 Å². The van der Waals surface area contributed by atoms with Crippen molar-refractivity contribution in [1.29, 1.82) is 0 Å². The Balaban J connectivity index is 0.000000396. The Kier molecular flexibility index (Phi) is 7.56. The van der Waals surface area contributed by atoms with Crippen LogP contribution in [0.3, 0.4) is 0 Å². The fourth-order valence-electron chi connectivity index (χ4n) is 3.29. The maximum Gasteiger partial charge on any atom is 0.490 e. The third-order valence-electron chi connectivity index (χ3n) is 4.81. The van der Waals surface area contributed by atoms with Gasteiger partial charge in [-0.3, -0.25) is 0 Å². The first-order chi connectivity index (χ1) is 13.9. The predicted octanol–water partition coefficient (Wildman–Crippen LogP) is 2.04. The summed E-state index contributed by atoms with van der Waals surface area (Å²) < 4.78 is 33.3. The number of aliphatic hydroxyl groups is 2. The van der Waals surface area contributed by atoms with E-state index < -0.39 is 23.9 Å². The number of halogens is 3. The van der Waals surface area contributed by atoms with Gasteiger partial charge >= 0.3 is 12.1 Å². The summed E-state index contributed by atoms with van der Waals surface area (Å²) in [7, 11) is 0. The summed E-state index contributed by atoms with van der Waals surface area (Å²) in [5.41, 5.74) is 7.47. The SMILES string of the molecule is Cc1cccc(C(O)Cn2cc(C3(O)CCCC(N)C3)nn2)c1.O=C(O)C(F)(F)F. The van der Waals surface area contributed by atoms with Crippen molar-refractivity contribution in [2.24, 2.45) is 5.73 Å². The van der Waals surface area contributed by atoms with E-state index in [4.69, 9.17) is 15.6 Å². The topological polar surface area (TPSA) is 134 Å². The van der Waals surface area contributed by atoms with Crippen molar-refractivity contribution in [3.05, 3.63) is 47.3 Å². The van der Waals surface area contributed by atoms with Gasteiger partial charge in [0.15, 0.2) is 0 Å². The average Bonchev–Trinajstić information content (AvgIpc) is 3.10. The van der Waals surface area contributed by atoms with Crippen molar-refractivity contribution < 1.29 is 33.3 Å². The Bertz CT molecular complexity index is 858. The highest BCUT2D eigenvalue weighted by atomic mass is 19.4. The Morgan fingerprint density at radius 1 is 1.43 bits per heavy atom. The molecule has 2 aromatic rings. The monoisotopic (exact) mass is 430 g/mol. The third-order valence-corrected chi connectivity index (χ3v) is 4.81. The van der Waals surface area contributed by atoms with Crippen LogP contribution in [0, 0.1) is 6.92 Å². The van der Waals surface area contributed by atoms with Gasteiger partial charge in [0, 0.05) is 6.04 Å². The predicted molar refractivity (Wildman–Crippen MR) is 100 cm³/mol. The van der Waals surface area contributed by atoms with Crippen molar-refractivity contribution in [2.75, 3.05) is 0 Å². The molecule has 8 nitrogen and oxygen atoms in total. The number of hydrogen-bond acceptors (Lipinski definition) is 6. The number of hydrogen-bond donors (Lipinski definition) is 4. The number of nitrogens with two attached hydrogens (primary N) is 1. The third kappa shape index (κ3) is 6.51. The quantitative estimate of drug-likeness (QED) is 0.583. The molecule has 166 valence electrons. The van der Waals surface area contributed by atoms with Crippen LogP contribution >= 0.6 is 0 Å². The fourth-order valence-corrected chi connectivity index (χ4v) is 3.29. The lowest BCUT2D eigenvalue weighted by atomic mass is 9.80. The molecule has 30 heavy (non-hydrogen) atoms. The van der Waals surface area contributed by atoms with Crippen molar-refractivity contribution in [3.8, 4) is 0 Å². The minimum Gasteiger partial charge on any atom is -0.475 e. The summed E-state index contributed by atoms with van der Waals surface area (Å²) in [6.07, 6.45) is -1.05. The number of aliphatic carboxylic acids is 1. The molecule has 1 aromatic heterocycles. The van der Waals surface area contributed by atoms with Gasteiger partial charge < -0.3 is 21.1 Å². The van der Waals surface area contributed by atoms with Crippen molar-refractivity contribution in [3.63, 3.8) is 0 Å². The molecule has 1 aliphatic rings. The van der Waals surface area contributed by atoms with Crippen LogP contribution in [0.1, 0.15) is 48.6 Å². The Hall–Kier alpha value is -2.50. The van der Waals surface area contributed by atoms with Gasteiger partial charge in [0.05, 0.1) is 18.8 Å². The van der Waals surface area contributed by atoms with Gasteiger partial charge in [-0.05, 0) is 38.2 Å². The maximum atomic E-state index is 10.8. The zero-order valence-electron chi connectivity index (χ0n) is 16.4. The molecule has 0 radical (unpaired) electrons. The summed E-state index contributed by atoms with van der Waals surface area (Å²) >= 11 is 0. The first-order valence-corrected chi connectivity index (χ1v) is 9.34. The normalized spacial score (nSPS) is 22.7. The summed E-state index contributed by atoms with van der Waals surface area (Å²) in [4.78, 5) is 8.90. The molecule has 0 spiro atoms. The molecular weight excluding hydrogens is 405 g/mol. The van der Waals surface area contributed by atoms with Crippen LogP contribution in [0.5, 0.6) is 0 Å². The number of benzene rings is 1. The van der Waals surface area contributed by atoms with E-state index >= 15 is 0 Å². The van der Waals surface area contributed by atoms with Crippen LogP contribution in [-0.2, 0) is 16.9 Å². The van der Waals surface area contributed by atoms with E-state index in [2.05, 4.69) is 10.3 Å². The molecule has 0 saturated heterocycles. The Morgan fingerprint density at radius 3 is 2.67 bits per heavy atom. The number of carboxylic acids is 1. The number of aryl methyl sites for hydroxylation is 1. The minimum atomic E-state index is -5.08. The molecule has 0 aliphatic heterocycles. The van der Waals surface area contributed by atoms with Gasteiger partial charge in [0.2, 0.25) is 0 Å². The molecule has 11 heteroatoms. The largest absolute Gasteiger partial charge is 0.490 e. The second-order valence-electron chi connectivity index (χ2n) is 7.45. The molecule has 0 amide bonds. The van der Waals surface area contributed by atoms with E-state index in [9.17, 15) is 23.4 Å². The minimum absolute atomic E-state index is 0.00298. The number of carbonyl (C=O) groups is 1. The molecule has 1 saturated carbocycles. The van der Waals surface area contributed by atoms with E-state index in [0.717, 1.165) is 24.0 Å². The second kappa shape index (κ2) is 9.54. The van der Waals surface area contributed by atoms with E-state index in [1.54, 1.807) is 10.9 Å². The number of carboxylic acid groups (broad SMARTS) is 1. The highest BCUT2D eigenvalue weighted by Crippen LogP contribution is 2.35. The Labute approximate surface area is 171 Å². The van der Waals surface area contributed by atoms with Gasteiger partial charge in [0.25, 0.3) is 0 Å². The van der Waals surface area contributed by atoms with Crippen molar-refractivity contribution in [2.45, 2.75) is 63.1 Å². The van der Waals surface area contributed by atoms with Gasteiger partial charge in [-0.25, -0.2) is 9.48 Å². The molecule has 3 unspecified atom stereocenters. The number of alkyl halides is 3. The highest BCUT2D eigenvalue weighted by Gasteiger charge is 2.38.